The van der Waals surface area contributed by atoms with Crippen molar-refractivity contribution in [3.63, 3.8) is 0 Å². The van der Waals surface area contributed by atoms with E-state index in [1.54, 1.807) is 24.3 Å². The Morgan fingerprint density at radius 2 is 1.90 bits per heavy atom. The molecular formula is C15H13BrF2O2. The Morgan fingerprint density at radius 3 is 2.60 bits per heavy atom. The fourth-order valence-electron chi connectivity index (χ4n) is 2.04. The molecule has 0 heterocycles. The SMILES string of the molecule is COCc1ccccc1C(O)c1c(F)ccc(Br)c1F. The van der Waals surface area contributed by atoms with Crippen molar-refractivity contribution >= 4 is 15.9 Å². The standard InChI is InChI=1S/C15H13BrF2O2/c1-20-8-9-4-2-3-5-10(9)15(19)13-12(17)7-6-11(16)14(13)18/h2-7,15,19H,8H2,1H3. The highest BCUT2D eigenvalue weighted by Crippen LogP contribution is 2.32. The largest absolute Gasteiger partial charge is 0.383 e. The third-order valence-corrected chi connectivity index (χ3v) is 3.61. The molecule has 0 spiro atoms. The molecule has 5 heteroatoms. The van der Waals surface area contributed by atoms with E-state index < -0.39 is 17.7 Å². The van der Waals surface area contributed by atoms with Crippen molar-refractivity contribution in [1.29, 1.82) is 0 Å². The first kappa shape index (κ1) is 15.1. The van der Waals surface area contributed by atoms with Crippen LogP contribution in [0.5, 0.6) is 0 Å². The second-order valence-electron chi connectivity index (χ2n) is 4.29. The van der Waals surface area contributed by atoms with E-state index in [0.29, 0.717) is 11.1 Å². The maximum atomic E-state index is 14.0. The van der Waals surface area contributed by atoms with Crippen LogP contribution in [0.1, 0.15) is 22.8 Å². The second kappa shape index (κ2) is 6.43. The van der Waals surface area contributed by atoms with Crippen molar-refractivity contribution in [1.82, 2.24) is 0 Å². The maximum Gasteiger partial charge on any atom is 0.146 e. The van der Waals surface area contributed by atoms with E-state index in [1.165, 1.54) is 13.2 Å². The molecule has 1 N–H and O–H groups in total. The first-order valence-electron chi connectivity index (χ1n) is 5.94. The molecule has 2 aromatic carbocycles. The van der Waals surface area contributed by atoms with Crippen LogP contribution >= 0.6 is 15.9 Å². The molecule has 2 nitrogen and oxygen atoms in total. The highest BCUT2D eigenvalue weighted by Gasteiger charge is 2.23. The van der Waals surface area contributed by atoms with Crippen LogP contribution in [0.3, 0.4) is 0 Å². The molecule has 0 aliphatic heterocycles. The molecule has 0 aliphatic carbocycles. The van der Waals surface area contributed by atoms with Crippen molar-refractivity contribution in [2.24, 2.45) is 0 Å². The van der Waals surface area contributed by atoms with Crippen molar-refractivity contribution in [2.45, 2.75) is 12.7 Å². The number of hydrogen-bond donors (Lipinski definition) is 1. The van der Waals surface area contributed by atoms with Crippen LogP contribution in [0.4, 0.5) is 8.78 Å². The smallest absolute Gasteiger partial charge is 0.146 e. The molecule has 0 radical (unpaired) electrons. The van der Waals surface area contributed by atoms with Gasteiger partial charge in [0.25, 0.3) is 0 Å². The number of ether oxygens (including phenoxy) is 1. The summed E-state index contributed by atoms with van der Waals surface area (Å²) in [4.78, 5) is 0. The number of halogens is 3. The Morgan fingerprint density at radius 1 is 1.20 bits per heavy atom. The molecule has 2 rings (SSSR count). The van der Waals surface area contributed by atoms with Gasteiger partial charge in [-0.05, 0) is 39.2 Å². The highest BCUT2D eigenvalue weighted by molar-refractivity contribution is 9.10. The minimum Gasteiger partial charge on any atom is -0.383 e. The Labute approximate surface area is 124 Å². The molecule has 0 saturated carbocycles. The molecule has 0 bridgehead atoms. The number of methoxy groups -OCH3 is 1. The van der Waals surface area contributed by atoms with Gasteiger partial charge in [-0.3, -0.25) is 0 Å². The molecule has 0 aliphatic rings. The van der Waals surface area contributed by atoms with Gasteiger partial charge in [0.05, 0.1) is 16.6 Å². The number of aliphatic hydroxyl groups is 1. The van der Waals surface area contributed by atoms with Gasteiger partial charge in [0.15, 0.2) is 0 Å². The van der Waals surface area contributed by atoms with Gasteiger partial charge < -0.3 is 9.84 Å². The Hall–Kier alpha value is -1.30. The molecule has 0 amide bonds. The minimum atomic E-state index is -1.39. The second-order valence-corrected chi connectivity index (χ2v) is 5.15. The summed E-state index contributed by atoms with van der Waals surface area (Å²) in [5.41, 5.74) is 0.731. The Balaban J connectivity index is 2.52. The summed E-state index contributed by atoms with van der Waals surface area (Å²) in [5.74, 6) is -1.59. The van der Waals surface area contributed by atoms with E-state index in [2.05, 4.69) is 15.9 Å². The molecule has 0 fully saturated rings. The monoisotopic (exact) mass is 342 g/mol. The lowest BCUT2D eigenvalue weighted by molar-refractivity contribution is 0.174. The van der Waals surface area contributed by atoms with Gasteiger partial charge in [0.1, 0.15) is 17.7 Å². The molecular weight excluding hydrogens is 330 g/mol. The normalized spacial score (nSPS) is 12.4. The van der Waals surface area contributed by atoms with Crippen LogP contribution in [-0.4, -0.2) is 12.2 Å². The predicted molar refractivity (Wildman–Crippen MR) is 75.3 cm³/mol. The summed E-state index contributed by atoms with van der Waals surface area (Å²) < 4.78 is 33.0. The first-order chi connectivity index (χ1) is 9.56. The zero-order valence-electron chi connectivity index (χ0n) is 10.7. The third-order valence-electron chi connectivity index (χ3n) is 3.00. The van der Waals surface area contributed by atoms with E-state index in [-0.39, 0.29) is 16.6 Å². The van der Waals surface area contributed by atoms with Gasteiger partial charge in [-0.1, -0.05) is 24.3 Å². The van der Waals surface area contributed by atoms with E-state index in [0.717, 1.165) is 6.07 Å². The average Bonchev–Trinajstić information content (AvgIpc) is 2.44. The summed E-state index contributed by atoms with van der Waals surface area (Å²) >= 11 is 2.99. The summed E-state index contributed by atoms with van der Waals surface area (Å²) in [6.45, 7) is 0.254. The van der Waals surface area contributed by atoms with Crippen molar-refractivity contribution in [3.8, 4) is 0 Å². The van der Waals surface area contributed by atoms with Gasteiger partial charge in [0.2, 0.25) is 0 Å². The van der Waals surface area contributed by atoms with Crippen molar-refractivity contribution in [3.05, 3.63) is 69.2 Å². The number of hydrogen-bond acceptors (Lipinski definition) is 2. The van der Waals surface area contributed by atoms with E-state index >= 15 is 0 Å². The van der Waals surface area contributed by atoms with Crippen LogP contribution in [0.15, 0.2) is 40.9 Å². The maximum absolute atomic E-state index is 14.0. The van der Waals surface area contributed by atoms with Gasteiger partial charge in [-0.15, -0.1) is 0 Å². The van der Waals surface area contributed by atoms with Crippen LogP contribution in [0.2, 0.25) is 0 Å². The van der Waals surface area contributed by atoms with E-state index in [1.807, 2.05) is 0 Å². The fraction of sp³-hybridized carbons (Fsp3) is 0.200. The zero-order chi connectivity index (χ0) is 14.7. The van der Waals surface area contributed by atoms with Crippen molar-refractivity contribution in [2.75, 3.05) is 7.11 Å². The minimum absolute atomic E-state index is 0.108. The molecule has 1 atom stereocenters. The molecule has 1 unspecified atom stereocenters. The Bertz CT molecular complexity index is 617. The van der Waals surface area contributed by atoms with Crippen molar-refractivity contribution < 1.29 is 18.6 Å². The van der Waals surface area contributed by atoms with Gasteiger partial charge in [-0.2, -0.15) is 0 Å². The lowest BCUT2D eigenvalue weighted by Crippen LogP contribution is -2.09. The summed E-state index contributed by atoms with van der Waals surface area (Å²) in [6.07, 6.45) is -1.39. The first-order valence-corrected chi connectivity index (χ1v) is 6.73. The predicted octanol–water partition coefficient (Wildman–Crippen LogP) is 3.96. The van der Waals surface area contributed by atoms with Gasteiger partial charge >= 0.3 is 0 Å². The quantitative estimate of drug-likeness (QED) is 0.852. The lowest BCUT2D eigenvalue weighted by Gasteiger charge is -2.17. The summed E-state index contributed by atoms with van der Waals surface area (Å²) in [5, 5.41) is 10.3. The van der Waals surface area contributed by atoms with E-state index in [9.17, 15) is 13.9 Å². The molecule has 0 saturated heterocycles. The molecule has 20 heavy (non-hydrogen) atoms. The Kier molecular flexibility index (Phi) is 4.86. The fourth-order valence-corrected chi connectivity index (χ4v) is 2.38. The zero-order valence-corrected chi connectivity index (χ0v) is 12.3. The van der Waals surface area contributed by atoms with Crippen LogP contribution < -0.4 is 0 Å². The van der Waals surface area contributed by atoms with Crippen LogP contribution in [-0.2, 0) is 11.3 Å². The average molecular weight is 343 g/mol. The van der Waals surface area contributed by atoms with Gasteiger partial charge in [-0.25, -0.2) is 8.78 Å². The molecule has 0 aromatic heterocycles. The topological polar surface area (TPSA) is 29.5 Å². The van der Waals surface area contributed by atoms with E-state index in [4.69, 9.17) is 4.74 Å². The van der Waals surface area contributed by atoms with Crippen LogP contribution in [0.25, 0.3) is 0 Å². The lowest BCUT2D eigenvalue weighted by atomic mass is 9.96. The molecule has 2 aromatic rings. The van der Waals surface area contributed by atoms with Crippen LogP contribution in [0, 0.1) is 11.6 Å². The number of aliphatic hydroxyl groups excluding tert-OH is 1. The number of rotatable bonds is 4. The summed E-state index contributed by atoms with van der Waals surface area (Å²) in [6, 6.07) is 9.23. The van der Waals surface area contributed by atoms with Gasteiger partial charge in [0, 0.05) is 7.11 Å². The highest BCUT2D eigenvalue weighted by atomic mass is 79.9. The molecule has 106 valence electrons. The number of benzene rings is 2. The third kappa shape index (κ3) is 2.90. The summed E-state index contributed by atoms with van der Waals surface area (Å²) in [7, 11) is 1.52.